The first-order valence-corrected chi connectivity index (χ1v) is 12.7. The lowest BCUT2D eigenvalue weighted by Gasteiger charge is -2.36. The van der Waals surface area contributed by atoms with Crippen LogP contribution < -0.4 is 10.2 Å². The third kappa shape index (κ3) is 5.43. The van der Waals surface area contributed by atoms with Crippen LogP contribution in [0.25, 0.3) is 11.3 Å². The third-order valence-corrected chi connectivity index (χ3v) is 7.29. The summed E-state index contributed by atoms with van der Waals surface area (Å²) in [5.74, 6) is -0.00567. The van der Waals surface area contributed by atoms with Crippen molar-refractivity contribution in [1.29, 1.82) is 0 Å². The SMILES string of the molecule is CCCn1c(-c2ccccc2)cc(C(=O)NCCN2CCN(c3cccc(Cl)c3Cl)CC2)c1C. The van der Waals surface area contributed by atoms with E-state index < -0.39 is 0 Å². The van der Waals surface area contributed by atoms with Gasteiger partial charge in [-0.2, -0.15) is 0 Å². The molecule has 0 atom stereocenters. The highest BCUT2D eigenvalue weighted by Crippen LogP contribution is 2.33. The number of piperazine rings is 1. The number of aromatic nitrogens is 1. The Kier molecular flexibility index (Phi) is 8.19. The molecule has 180 valence electrons. The lowest BCUT2D eigenvalue weighted by Crippen LogP contribution is -2.48. The smallest absolute Gasteiger partial charge is 0.253 e. The molecule has 7 heteroatoms. The molecule has 1 aromatic heterocycles. The van der Waals surface area contributed by atoms with Crippen LogP contribution in [0, 0.1) is 6.92 Å². The van der Waals surface area contributed by atoms with E-state index in [0.717, 1.165) is 73.9 Å². The first-order chi connectivity index (χ1) is 16.5. The van der Waals surface area contributed by atoms with Gasteiger partial charge in [0, 0.05) is 57.2 Å². The van der Waals surface area contributed by atoms with Crippen LogP contribution in [0.1, 0.15) is 29.4 Å². The van der Waals surface area contributed by atoms with Crippen molar-refractivity contribution in [2.45, 2.75) is 26.8 Å². The number of carbonyl (C=O) groups is 1. The van der Waals surface area contributed by atoms with Gasteiger partial charge in [-0.15, -0.1) is 0 Å². The van der Waals surface area contributed by atoms with Crippen molar-refractivity contribution >= 4 is 34.8 Å². The monoisotopic (exact) mass is 498 g/mol. The highest BCUT2D eigenvalue weighted by Gasteiger charge is 2.21. The van der Waals surface area contributed by atoms with Crippen molar-refractivity contribution in [1.82, 2.24) is 14.8 Å². The maximum absolute atomic E-state index is 13.0. The highest BCUT2D eigenvalue weighted by molar-refractivity contribution is 6.43. The number of nitrogens with zero attached hydrogens (tertiary/aromatic N) is 3. The fourth-order valence-electron chi connectivity index (χ4n) is 4.61. The van der Waals surface area contributed by atoms with Gasteiger partial charge in [0.25, 0.3) is 5.91 Å². The second kappa shape index (κ2) is 11.3. The Bertz CT molecular complexity index is 1120. The average molecular weight is 499 g/mol. The molecule has 1 amide bonds. The Morgan fingerprint density at radius 1 is 0.971 bits per heavy atom. The van der Waals surface area contributed by atoms with E-state index >= 15 is 0 Å². The van der Waals surface area contributed by atoms with Crippen LogP contribution in [-0.4, -0.2) is 54.6 Å². The van der Waals surface area contributed by atoms with Gasteiger partial charge in [-0.05, 0) is 37.1 Å². The maximum atomic E-state index is 13.0. The van der Waals surface area contributed by atoms with Crippen molar-refractivity contribution in [2.24, 2.45) is 0 Å². The minimum Gasteiger partial charge on any atom is -0.368 e. The van der Waals surface area contributed by atoms with Crippen LogP contribution in [0.4, 0.5) is 5.69 Å². The summed E-state index contributed by atoms with van der Waals surface area (Å²) in [6.07, 6.45) is 1.02. The molecule has 34 heavy (non-hydrogen) atoms. The van der Waals surface area contributed by atoms with E-state index in [0.29, 0.717) is 16.6 Å². The lowest BCUT2D eigenvalue weighted by atomic mass is 10.1. The van der Waals surface area contributed by atoms with Gasteiger partial charge in [-0.3, -0.25) is 9.69 Å². The quantitative estimate of drug-likeness (QED) is 0.430. The summed E-state index contributed by atoms with van der Waals surface area (Å²) < 4.78 is 2.25. The molecule has 1 aliphatic rings. The van der Waals surface area contributed by atoms with Gasteiger partial charge in [-0.25, -0.2) is 0 Å². The lowest BCUT2D eigenvalue weighted by molar-refractivity contribution is 0.0947. The molecule has 2 heterocycles. The fourth-order valence-corrected chi connectivity index (χ4v) is 5.02. The van der Waals surface area contributed by atoms with Gasteiger partial charge < -0.3 is 14.8 Å². The Balaban J connectivity index is 1.33. The Morgan fingerprint density at radius 3 is 2.41 bits per heavy atom. The van der Waals surface area contributed by atoms with E-state index in [1.54, 1.807) is 0 Å². The Labute approximate surface area is 212 Å². The number of anilines is 1. The molecule has 0 spiro atoms. The van der Waals surface area contributed by atoms with E-state index in [4.69, 9.17) is 23.2 Å². The standard InChI is InChI=1S/C27H32Cl2N4O/c1-3-13-33-20(2)22(19-25(33)21-8-5-4-6-9-21)27(34)30-12-14-31-15-17-32(18-16-31)24-11-7-10-23(28)26(24)29/h4-11,19H,3,12-18H2,1-2H3,(H,30,34). The second-order valence-corrected chi connectivity index (χ2v) is 9.49. The van der Waals surface area contributed by atoms with Gasteiger partial charge in [0.1, 0.15) is 0 Å². The summed E-state index contributed by atoms with van der Waals surface area (Å²) >= 11 is 12.6. The van der Waals surface area contributed by atoms with E-state index in [1.807, 2.05) is 49.4 Å². The van der Waals surface area contributed by atoms with Gasteiger partial charge >= 0.3 is 0 Å². The molecule has 0 radical (unpaired) electrons. The van der Waals surface area contributed by atoms with Crippen molar-refractivity contribution < 1.29 is 4.79 Å². The number of halogens is 2. The van der Waals surface area contributed by atoms with Crippen LogP contribution in [0.15, 0.2) is 54.6 Å². The largest absolute Gasteiger partial charge is 0.368 e. The summed E-state index contributed by atoms with van der Waals surface area (Å²) in [5.41, 5.74) is 5.00. The topological polar surface area (TPSA) is 40.5 Å². The number of benzene rings is 2. The zero-order valence-electron chi connectivity index (χ0n) is 19.9. The molecule has 5 nitrogen and oxygen atoms in total. The minimum absolute atomic E-state index is 0.00567. The molecule has 2 aromatic carbocycles. The zero-order valence-corrected chi connectivity index (χ0v) is 21.4. The normalized spacial score (nSPS) is 14.4. The van der Waals surface area contributed by atoms with Crippen LogP contribution in [0.5, 0.6) is 0 Å². The number of hydrogen-bond acceptors (Lipinski definition) is 3. The van der Waals surface area contributed by atoms with E-state index in [-0.39, 0.29) is 5.91 Å². The van der Waals surface area contributed by atoms with Crippen LogP contribution >= 0.6 is 23.2 Å². The first kappa shape index (κ1) is 24.6. The van der Waals surface area contributed by atoms with E-state index in [9.17, 15) is 4.79 Å². The van der Waals surface area contributed by atoms with Crippen molar-refractivity contribution in [2.75, 3.05) is 44.2 Å². The van der Waals surface area contributed by atoms with Crippen molar-refractivity contribution in [3.05, 3.63) is 75.9 Å². The van der Waals surface area contributed by atoms with E-state index in [1.165, 1.54) is 0 Å². The summed E-state index contributed by atoms with van der Waals surface area (Å²) in [6, 6.07) is 18.1. The molecule has 3 aromatic rings. The average Bonchev–Trinajstić information content (AvgIpc) is 3.18. The molecule has 1 aliphatic heterocycles. The molecule has 0 bridgehead atoms. The number of hydrogen-bond donors (Lipinski definition) is 1. The third-order valence-electron chi connectivity index (χ3n) is 6.49. The van der Waals surface area contributed by atoms with Gasteiger partial charge in [0.2, 0.25) is 0 Å². The predicted molar refractivity (Wildman–Crippen MR) is 142 cm³/mol. The van der Waals surface area contributed by atoms with Gasteiger partial charge in [0.05, 0.1) is 21.3 Å². The summed E-state index contributed by atoms with van der Waals surface area (Å²) in [4.78, 5) is 17.7. The summed E-state index contributed by atoms with van der Waals surface area (Å²) in [5, 5.41) is 4.34. The molecule has 4 rings (SSSR count). The van der Waals surface area contributed by atoms with Gasteiger partial charge in [-0.1, -0.05) is 66.5 Å². The second-order valence-electron chi connectivity index (χ2n) is 8.70. The van der Waals surface area contributed by atoms with Crippen LogP contribution in [0.3, 0.4) is 0 Å². The van der Waals surface area contributed by atoms with Crippen LogP contribution in [-0.2, 0) is 6.54 Å². The predicted octanol–water partition coefficient (Wildman–Crippen LogP) is 5.73. The van der Waals surface area contributed by atoms with E-state index in [2.05, 4.69) is 38.7 Å². The number of amides is 1. The number of carbonyl (C=O) groups excluding carboxylic acids is 1. The molecular formula is C27H32Cl2N4O. The molecule has 1 saturated heterocycles. The van der Waals surface area contributed by atoms with Crippen molar-refractivity contribution in [3.8, 4) is 11.3 Å². The molecule has 1 fully saturated rings. The zero-order chi connectivity index (χ0) is 24.1. The maximum Gasteiger partial charge on any atom is 0.253 e. The molecule has 0 unspecified atom stereocenters. The molecule has 0 saturated carbocycles. The summed E-state index contributed by atoms with van der Waals surface area (Å²) in [6.45, 7) is 10.1. The molecule has 1 N–H and O–H groups in total. The minimum atomic E-state index is -0.00567. The highest BCUT2D eigenvalue weighted by atomic mass is 35.5. The number of rotatable bonds is 8. The molecule has 0 aliphatic carbocycles. The molecular weight excluding hydrogens is 467 g/mol. The number of nitrogens with one attached hydrogen (secondary N) is 1. The fraction of sp³-hybridized carbons (Fsp3) is 0.370. The van der Waals surface area contributed by atoms with Crippen molar-refractivity contribution in [3.63, 3.8) is 0 Å². The Hall–Kier alpha value is -2.47. The van der Waals surface area contributed by atoms with Gasteiger partial charge in [0.15, 0.2) is 0 Å². The van der Waals surface area contributed by atoms with Crippen LogP contribution in [0.2, 0.25) is 10.0 Å². The Morgan fingerprint density at radius 2 is 1.71 bits per heavy atom. The summed E-state index contributed by atoms with van der Waals surface area (Å²) in [7, 11) is 0. The first-order valence-electron chi connectivity index (χ1n) is 11.9.